The third-order valence-corrected chi connectivity index (χ3v) is 15.1. The monoisotopic (exact) mass is 912 g/mol. The van der Waals surface area contributed by atoms with Gasteiger partial charge < -0.3 is 13.4 Å². The Hall–Kier alpha value is -9.17. The Morgan fingerprint density at radius 1 is 0.329 bits per heavy atom. The molecule has 15 aromatic rings. The summed E-state index contributed by atoms with van der Waals surface area (Å²) in [5.41, 5.74) is 14.1. The lowest BCUT2D eigenvalue weighted by Gasteiger charge is -2.10. The third kappa shape index (κ3) is 5.95. The number of rotatable bonds is 6. The zero-order valence-electron chi connectivity index (χ0n) is 37.3. The zero-order chi connectivity index (χ0) is 45.9. The van der Waals surface area contributed by atoms with Crippen molar-refractivity contribution < 1.29 is 8.83 Å². The Morgan fingerprint density at radius 3 is 1.66 bits per heavy atom. The number of benzene rings is 10. The molecule has 0 saturated carbocycles. The van der Waals surface area contributed by atoms with Crippen molar-refractivity contribution in [3.05, 3.63) is 218 Å². The molecule has 0 aliphatic rings. The van der Waals surface area contributed by atoms with Gasteiger partial charge in [0.25, 0.3) is 0 Å². The molecule has 0 unspecified atom stereocenters. The second-order valence-electron chi connectivity index (χ2n) is 17.9. The molecule has 0 atom stereocenters. The molecule has 0 fully saturated rings. The summed E-state index contributed by atoms with van der Waals surface area (Å²) in [7, 11) is 0. The summed E-state index contributed by atoms with van der Waals surface area (Å²) in [4.78, 5) is 15.6. The van der Waals surface area contributed by atoms with E-state index in [0.29, 0.717) is 17.5 Å². The van der Waals surface area contributed by atoms with E-state index in [1.54, 1.807) is 0 Å². The van der Waals surface area contributed by atoms with Gasteiger partial charge in [-0.2, -0.15) is 0 Å². The fourth-order valence-electron chi connectivity index (χ4n) is 10.7. The highest BCUT2D eigenvalue weighted by molar-refractivity contribution is 7.26. The molecule has 5 heterocycles. The average molecular weight is 913 g/mol. The highest BCUT2D eigenvalue weighted by atomic mass is 32.1. The summed E-state index contributed by atoms with van der Waals surface area (Å²) in [5, 5.41) is 8.93. The van der Waals surface area contributed by atoms with E-state index in [9.17, 15) is 0 Å². The molecule has 0 spiro atoms. The Balaban J connectivity index is 0.862. The molecular formula is C63H36N4O2S. The normalized spacial score (nSPS) is 12.0. The van der Waals surface area contributed by atoms with Crippen molar-refractivity contribution in [2.45, 2.75) is 0 Å². The molecular weight excluding hydrogens is 877 g/mol. The summed E-state index contributed by atoms with van der Waals surface area (Å²) < 4.78 is 17.8. The van der Waals surface area contributed by atoms with Crippen LogP contribution >= 0.6 is 11.3 Å². The van der Waals surface area contributed by atoms with Gasteiger partial charge in [0.1, 0.15) is 22.3 Å². The minimum atomic E-state index is 0.565. The summed E-state index contributed by atoms with van der Waals surface area (Å²) in [5.74, 6) is 1.73. The standard InChI is InChI=1S/C63H36N4O2S/c1-3-14-37(15-4-1)61-64-62(46-22-12-26-55-58(46)45-19-8-10-25-53(45)68-55)66-63(65-61)47-23-13-27-56-59(47)50-35-38(29-32-54(50)69-56)39-30-33-57-49(34-39)44-21-11-20-42(60(44)70-57)40-28-31-52-48(36-40)43-18-7-9-24-51(43)67(52)41-16-5-2-6-17-41/h1-36H. The first-order chi connectivity index (χ1) is 34.7. The van der Waals surface area contributed by atoms with Crippen LogP contribution in [0.25, 0.3) is 148 Å². The Labute approximate surface area is 404 Å². The largest absolute Gasteiger partial charge is 0.456 e. The van der Waals surface area contributed by atoms with Crippen LogP contribution in [0.4, 0.5) is 0 Å². The quantitative estimate of drug-likeness (QED) is 0.166. The lowest BCUT2D eigenvalue weighted by Crippen LogP contribution is -2.00. The van der Waals surface area contributed by atoms with Crippen molar-refractivity contribution in [1.29, 1.82) is 0 Å². The number of thiophene rings is 1. The van der Waals surface area contributed by atoms with Crippen LogP contribution in [0.15, 0.2) is 227 Å². The van der Waals surface area contributed by atoms with Gasteiger partial charge >= 0.3 is 0 Å². The topological polar surface area (TPSA) is 69.9 Å². The van der Waals surface area contributed by atoms with Crippen LogP contribution in [0.5, 0.6) is 0 Å². The maximum Gasteiger partial charge on any atom is 0.164 e. The van der Waals surface area contributed by atoms with E-state index in [4.69, 9.17) is 23.8 Å². The molecule has 0 saturated heterocycles. The van der Waals surface area contributed by atoms with E-state index >= 15 is 0 Å². The van der Waals surface area contributed by atoms with Crippen LogP contribution in [0.3, 0.4) is 0 Å². The molecule has 15 rings (SSSR count). The molecule has 70 heavy (non-hydrogen) atoms. The second kappa shape index (κ2) is 15.2. The van der Waals surface area contributed by atoms with E-state index in [2.05, 4.69) is 150 Å². The number of furan rings is 2. The van der Waals surface area contributed by atoms with Gasteiger partial charge in [-0.1, -0.05) is 146 Å². The van der Waals surface area contributed by atoms with Crippen LogP contribution in [0.2, 0.25) is 0 Å². The van der Waals surface area contributed by atoms with E-state index in [0.717, 1.165) is 77.4 Å². The molecule has 0 amide bonds. The van der Waals surface area contributed by atoms with Gasteiger partial charge in [-0.25, -0.2) is 15.0 Å². The molecule has 7 heteroatoms. The fraction of sp³-hybridized carbons (Fsp3) is 0. The lowest BCUT2D eigenvalue weighted by molar-refractivity contribution is 0.668. The lowest BCUT2D eigenvalue weighted by atomic mass is 9.98. The summed E-state index contributed by atoms with van der Waals surface area (Å²) >= 11 is 1.86. The average Bonchev–Trinajstić information content (AvgIpc) is 4.19. The van der Waals surface area contributed by atoms with E-state index < -0.39 is 0 Å². The third-order valence-electron chi connectivity index (χ3n) is 13.9. The number of aromatic nitrogens is 4. The first-order valence-electron chi connectivity index (χ1n) is 23.4. The number of para-hydroxylation sites is 3. The maximum absolute atomic E-state index is 6.59. The predicted molar refractivity (Wildman–Crippen MR) is 289 cm³/mol. The van der Waals surface area contributed by atoms with Crippen molar-refractivity contribution >= 4 is 97.2 Å². The molecule has 326 valence electrons. The smallest absolute Gasteiger partial charge is 0.164 e. The second-order valence-corrected chi connectivity index (χ2v) is 18.9. The molecule has 5 aromatic heterocycles. The van der Waals surface area contributed by atoms with Gasteiger partial charge in [-0.05, 0) is 95.1 Å². The first-order valence-corrected chi connectivity index (χ1v) is 24.2. The number of nitrogens with zero attached hydrogens (tertiary/aromatic N) is 4. The highest BCUT2D eigenvalue weighted by Gasteiger charge is 2.22. The molecule has 6 nitrogen and oxygen atoms in total. The SMILES string of the molecule is c1ccc(-c2nc(-c3cccc4oc5ccccc5c34)nc(-c3cccc4oc5ccc(-c6ccc7sc8c(-c9ccc%10c(c9)c9ccccc9n%10-c9ccccc9)cccc8c7c6)cc5c34)n2)cc1. The van der Waals surface area contributed by atoms with Crippen molar-refractivity contribution in [2.75, 3.05) is 0 Å². The fourth-order valence-corrected chi connectivity index (χ4v) is 11.9. The highest BCUT2D eigenvalue weighted by Crippen LogP contribution is 2.45. The Kier molecular flexibility index (Phi) is 8.43. The van der Waals surface area contributed by atoms with Gasteiger partial charge in [0.05, 0.1) is 11.0 Å². The van der Waals surface area contributed by atoms with Crippen LogP contribution in [-0.4, -0.2) is 19.5 Å². The van der Waals surface area contributed by atoms with Crippen molar-refractivity contribution in [2.24, 2.45) is 0 Å². The van der Waals surface area contributed by atoms with Gasteiger partial charge in [-0.3, -0.25) is 0 Å². The Morgan fingerprint density at radius 2 is 0.871 bits per heavy atom. The predicted octanol–water partition coefficient (Wildman–Crippen LogP) is 17.5. The number of hydrogen-bond donors (Lipinski definition) is 0. The zero-order valence-corrected chi connectivity index (χ0v) is 38.1. The minimum Gasteiger partial charge on any atom is -0.456 e. The van der Waals surface area contributed by atoms with Crippen LogP contribution in [0.1, 0.15) is 0 Å². The van der Waals surface area contributed by atoms with Gasteiger partial charge in [-0.15, -0.1) is 11.3 Å². The van der Waals surface area contributed by atoms with E-state index in [-0.39, 0.29) is 0 Å². The van der Waals surface area contributed by atoms with Crippen LogP contribution in [-0.2, 0) is 0 Å². The summed E-state index contributed by atoms with van der Waals surface area (Å²) in [6.07, 6.45) is 0. The number of fused-ring (bicyclic) bond motifs is 12. The maximum atomic E-state index is 6.59. The number of hydrogen-bond acceptors (Lipinski definition) is 6. The minimum absolute atomic E-state index is 0.565. The van der Waals surface area contributed by atoms with Crippen molar-refractivity contribution in [3.63, 3.8) is 0 Å². The van der Waals surface area contributed by atoms with Gasteiger partial charge in [0, 0.05) is 74.9 Å². The van der Waals surface area contributed by atoms with Gasteiger partial charge in [0.15, 0.2) is 17.5 Å². The molecule has 0 aliphatic heterocycles. The van der Waals surface area contributed by atoms with Crippen molar-refractivity contribution in [3.8, 4) is 62.1 Å². The molecule has 0 N–H and O–H groups in total. The van der Waals surface area contributed by atoms with E-state index in [1.807, 2.05) is 84.1 Å². The summed E-state index contributed by atoms with van der Waals surface area (Å²) in [6.45, 7) is 0. The van der Waals surface area contributed by atoms with Crippen molar-refractivity contribution in [1.82, 2.24) is 19.5 Å². The molecule has 0 aliphatic carbocycles. The van der Waals surface area contributed by atoms with Crippen LogP contribution in [0, 0.1) is 0 Å². The Bertz CT molecular complexity index is 4600. The van der Waals surface area contributed by atoms with E-state index in [1.165, 1.54) is 53.1 Å². The molecule has 10 aromatic carbocycles. The summed E-state index contributed by atoms with van der Waals surface area (Å²) in [6, 6.07) is 76.8. The molecule has 0 radical (unpaired) electrons. The van der Waals surface area contributed by atoms with Crippen LogP contribution < -0.4 is 0 Å². The van der Waals surface area contributed by atoms with Gasteiger partial charge in [0.2, 0.25) is 0 Å². The molecule has 0 bridgehead atoms. The first kappa shape index (κ1) is 38.9.